The second-order valence-corrected chi connectivity index (χ2v) is 6.00. The van der Waals surface area contributed by atoms with Crippen LogP contribution in [0.25, 0.3) is 0 Å². The van der Waals surface area contributed by atoms with Crippen LogP contribution in [0.1, 0.15) is 19.8 Å². The smallest absolute Gasteiger partial charge is 0.233 e. The molecule has 94 valence electrons. The van der Waals surface area contributed by atoms with Crippen LogP contribution in [-0.2, 0) is 9.59 Å². The zero-order valence-corrected chi connectivity index (χ0v) is 10.3. The summed E-state index contributed by atoms with van der Waals surface area (Å²) >= 11 is 0. The molecule has 0 aromatic carbocycles. The first-order chi connectivity index (χ1) is 8.06. The first kappa shape index (κ1) is 11.2. The highest BCUT2D eigenvalue weighted by Crippen LogP contribution is 2.58. The van der Waals surface area contributed by atoms with Crippen molar-refractivity contribution in [3.8, 4) is 0 Å². The van der Waals surface area contributed by atoms with E-state index in [1.807, 2.05) is 0 Å². The van der Waals surface area contributed by atoms with Gasteiger partial charge in [-0.15, -0.1) is 0 Å². The van der Waals surface area contributed by atoms with Crippen molar-refractivity contribution in [2.24, 2.45) is 35.5 Å². The summed E-state index contributed by atoms with van der Waals surface area (Å²) in [4.78, 5) is 25.4. The first-order valence-electron chi connectivity index (χ1n) is 6.48. The number of hydrogen-bond donors (Lipinski definition) is 1. The van der Waals surface area contributed by atoms with Crippen LogP contribution >= 0.6 is 0 Å². The van der Waals surface area contributed by atoms with E-state index in [0.29, 0.717) is 11.8 Å². The summed E-state index contributed by atoms with van der Waals surface area (Å²) < 4.78 is 0. The lowest BCUT2D eigenvalue weighted by Crippen LogP contribution is -2.53. The third-order valence-corrected chi connectivity index (χ3v) is 5.32. The van der Waals surface area contributed by atoms with Crippen molar-refractivity contribution in [3.05, 3.63) is 0 Å². The van der Waals surface area contributed by atoms with Crippen LogP contribution in [0.15, 0.2) is 0 Å². The second-order valence-electron chi connectivity index (χ2n) is 6.00. The summed E-state index contributed by atoms with van der Waals surface area (Å²) in [6, 6.07) is 0. The molecule has 2 aliphatic carbocycles. The lowest BCUT2D eigenvalue weighted by molar-refractivity contribution is -0.143. The number of imide groups is 1. The van der Waals surface area contributed by atoms with Crippen molar-refractivity contribution in [1.82, 2.24) is 4.90 Å². The fourth-order valence-corrected chi connectivity index (χ4v) is 4.35. The van der Waals surface area contributed by atoms with Gasteiger partial charge in [-0.3, -0.25) is 14.5 Å². The van der Waals surface area contributed by atoms with Crippen molar-refractivity contribution < 1.29 is 14.7 Å². The van der Waals surface area contributed by atoms with E-state index >= 15 is 0 Å². The molecule has 2 saturated carbocycles. The van der Waals surface area contributed by atoms with Crippen LogP contribution in [0.5, 0.6) is 0 Å². The van der Waals surface area contributed by atoms with Crippen molar-refractivity contribution in [2.75, 3.05) is 13.7 Å². The van der Waals surface area contributed by atoms with Crippen LogP contribution in [-0.4, -0.2) is 35.5 Å². The number of nitrogens with zero attached hydrogens (tertiary/aromatic N) is 1. The molecule has 3 rings (SSSR count). The number of hydrogen-bond acceptors (Lipinski definition) is 3. The molecule has 1 aliphatic heterocycles. The Hall–Kier alpha value is -0.900. The molecule has 0 radical (unpaired) electrons. The van der Waals surface area contributed by atoms with Gasteiger partial charge in [0.2, 0.25) is 11.8 Å². The molecule has 4 nitrogen and oxygen atoms in total. The Kier molecular flexibility index (Phi) is 2.34. The summed E-state index contributed by atoms with van der Waals surface area (Å²) in [6.07, 6.45) is 1.87. The minimum Gasteiger partial charge on any atom is -0.396 e. The molecule has 0 aromatic heterocycles. The van der Waals surface area contributed by atoms with Crippen molar-refractivity contribution in [1.29, 1.82) is 0 Å². The molecule has 1 saturated heterocycles. The van der Waals surface area contributed by atoms with Crippen molar-refractivity contribution in [3.63, 3.8) is 0 Å². The number of amides is 2. The van der Waals surface area contributed by atoms with E-state index in [0.717, 1.165) is 12.8 Å². The molecule has 0 aromatic rings. The molecule has 1 heterocycles. The molecule has 0 bridgehead atoms. The third-order valence-electron chi connectivity index (χ3n) is 5.32. The molecule has 0 unspecified atom stereocenters. The first-order valence-corrected chi connectivity index (χ1v) is 6.48. The Labute approximate surface area is 101 Å². The minimum atomic E-state index is -0.139. The van der Waals surface area contributed by atoms with Crippen LogP contribution in [0.3, 0.4) is 0 Å². The number of fused-ring (bicyclic) bond motifs is 3. The molecule has 17 heavy (non-hydrogen) atoms. The Morgan fingerprint density at radius 3 is 2.65 bits per heavy atom. The summed E-state index contributed by atoms with van der Waals surface area (Å²) in [5.41, 5.74) is 0. The molecule has 6 atom stereocenters. The van der Waals surface area contributed by atoms with Gasteiger partial charge in [-0.1, -0.05) is 6.92 Å². The van der Waals surface area contributed by atoms with Gasteiger partial charge in [0, 0.05) is 13.7 Å². The molecule has 2 amide bonds. The maximum Gasteiger partial charge on any atom is 0.233 e. The molecule has 1 N–H and O–H groups in total. The highest BCUT2D eigenvalue weighted by molar-refractivity contribution is 6.05. The van der Waals surface area contributed by atoms with Gasteiger partial charge in [0.25, 0.3) is 0 Å². The minimum absolute atomic E-state index is 0.00566. The van der Waals surface area contributed by atoms with E-state index in [1.165, 1.54) is 4.90 Å². The summed E-state index contributed by atoms with van der Waals surface area (Å²) in [5, 5.41) is 9.34. The largest absolute Gasteiger partial charge is 0.396 e. The molecular weight excluding hydrogens is 218 g/mol. The highest BCUT2D eigenvalue weighted by atomic mass is 16.3. The maximum atomic E-state index is 12.1. The Morgan fingerprint density at radius 2 is 2.00 bits per heavy atom. The van der Waals surface area contributed by atoms with Crippen molar-refractivity contribution >= 4 is 11.8 Å². The summed E-state index contributed by atoms with van der Waals surface area (Å²) in [5.74, 6) is 1.25. The van der Waals surface area contributed by atoms with E-state index < -0.39 is 0 Å². The molecule has 3 fully saturated rings. The molecule has 0 spiro atoms. The van der Waals surface area contributed by atoms with Crippen LogP contribution in [0, 0.1) is 35.5 Å². The maximum absolute atomic E-state index is 12.1. The van der Waals surface area contributed by atoms with E-state index in [1.54, 1.807) is 7.05 Å². The average Bonchev–Trinajstić information content (AvgIpc) is 2.45. The predicted octanol–water partition coefficient (Wildman–Crippen LogP) is 0.502. The van der Waals surface area contributed by atoms with Crippen LogP contribution in [0.2, 0.25) is 0 Å². The lowest BCUT2D eigenvalue weighted by Gasteiger charge is -2.54. The van der Waals surface area contributed by atoms with Gasteiger partial charge in [-0.25, -0.2) is 0 Å². The number of aliphatic hydroxyl groups is 1. The average molecular weight is 237 g/mol. The Bertz CT molecular complexity index is 381. The Balaban J connectivity index is 1.93. The van der Waals surface area contributed by atoms with Gasteiger partial charge in [0.1, 0.15) is 0 Å². The van der Waals surface area contributed by atoms with Gasteiger partial charge in [-0.05, 0) is 36.5 Å². The van der Waals surface area contributed by atoms with E-state index in [-0.39, 0.29) is 42.1 Å². The highest BCUT2D eigenvalue weighted by Gasteiger charge is 2.61. The standard InChI is InChI=1S/C13H19NO3/c1-6-3-9-11(13(17)14(2)12(9)16)10-7(5-15)4-8(6)10/h6-11,15H,3-5H2,1-2H3/t6-,7-,8-,9+,10-,11+/m0/s1. The van der Waals surface area contributed by atoms with Crippen LogP contribution < -0.4 is 0 Å². The van der Waals surface area contributed by atoms with E-state index in [2.05, 4.69) is 6.92 Å². The zero-order chi connectivity index (χ0) is 12.3. The lowest BCUT2D eigenvalue weighted by atomic mass is 9.49. The van der Waals surface area contributed by atoms with Crippen molar-refractivity contribution in [2.45, 2.75) is 19.8 Å². The molecule has 3 aliphatic rings. The second kappa shape index (κ2) is 3.55. The van der Waals surface area contributed by atoms with Gasteiger partial charge < -0.3 is 5.11 Å². The quantitative estimate of drug-likeness (QED) is 0.676. The topological polar surface area (TPSA) is 57.6 Å². The number of aliphatic hydroxyl groups excluding tert-OH is 1. The predicted molar refractivity (Wildman–Crippen MR) is 60.7 cm³/mol. The summed E-state index contributed by atoms with van der Waals surface area (Å²) in [6.45, 7) is 2.33. The molecule has 4 heteroatoms. The van der Waals surface area contributed by atoms with E-state index in [4.69, 9.17) is 0 Å². The fourth-order valence-electron chi connectivity index (χ4n) is 4.35. The van der Waals surface area contributed by atoms with Gasteiger partial charge in [0.05, 0.1) is 11.8 Å². The van der Waals surface area contributed by atoms with Gasteiger partial charge >= 0.3 is 0 Å². The van der Waals surface area contributed by atoms with Gasteiger partial charge in [-0.2, -0.15) is 0 Å². The van der Waals surface area contributed by atoms with E-state index in [9.17, 15) is 14.7 Å². The number of rotatable bonds is 1. The fraction of sp³-hybridized carbons (Fsp3) is 0.846. The normalized spacial score (nSPS) is 48.8. The third kappa shape index (κ3) is 1.27. The van der Waals surface area contributed by atoms with Crippen LogP contribution in [0.4, 0.5) is 0 Å². The number of carbonyl (C=O) groups excluding carboxylic acids is 2. The SMILES string of the molecule is C[C@H]1C[C@H]2C(=O)N(C)C(=O)[C@H]2[C@H]2[C@H](CO)C[C@H]21. The number of likely N-dealkylation sites (tertiary alicyclic amines) is 1. The zero-order valence-electron chi connectivity index (χ0n) is 10.3. The van der Waals surface area contributed by atoms with Gasteiger partial charge in [0.15, 0.2) is 0 Å². The molecular formula is C13H19NO3. The Morgan fingerprint density at radius 1 is 1.29 bits per heavy atom. The summed E-state index contributed by atoms with van der Waals surface area (Å²) in [7, 11) is 1.59. The number of carbonyl (C=O) groups is 2. The monoisotopic (exact) mass is 237 g/mol.